The van der Waals surface area contributed by atoms with E-state index in [2.05, 4.69) is 0 Å². The first-order chi connectivity index (χ1) is 29.6. The van der Waals surface area contributed by atoms with Crippen LogP contribution in [0.4, 0.5) is 0 Å². The highest BCUT2D eigenvalue weighted by molar-refractivity contribution is 6.07. The minimum absolute atomic E-state index is 0.0211. The van der Waals surface area contributed by atoms with Crippen LogP contribution >= 0.6 is 0 Å². The maximum Gasteiger partial charge on any atom is 0.239 e. The van der Waals surface area contributed by atoms with Crippen LogP contribution in [0.2, 0.25) is 0 Å². The fraction of sp³-hybridized carbons (Fsp3) is 0.255. The van der Waals surface area contributed by atoms with Crippen molar-refractivity contribution in [2.45, 2.75) is 49.0 Å². The third kappa shape index (κ3) is 7.80. The largest absolute Gasteiger partial charge is 0.496 e. The molecule has 2 amide bonds. The highest BCUT2D eigenvalue weighted by Gasteiger charge is 2.63. The molecular weight excluding hydrogens is 769 g/mol. The lowest BCUT2D eigenvalue weighted by Crippen LogP contribution is -2.66. The third-order valence-corrected chi connectivity index (χ3v) is 12.1. The summed E-state index contributed by atoms with van der Waals surface area (Å²) in [5.74, 6) is -0.101. The molecule has 1 aliphatic carbocycles. The van der Waals surface area contributed by atoms with Crippen molar-refractivity contribution in [3.63, 3.8) is 0 Å². The van der Waals surface area contributed by atoms with Crippen molar-refractivity contribution in [3.05, 3.63) is 191 Å². The summed E-state index contributed by atoms with van der Waals surface area (Å²) >= 11 is 0. The fourth-order valence-corrected chi connectivity index (χ4v) is 8.85. The second-order valence-electron chi connectivity index (χ2n) is 15.4. The number of carbonyl (C=O) groups excluding carboxylic acids is 2. The third-order valence-electron chi connectivity index (χ3n) is 12.1. The van der Waals surface area contributed by atoms with Gasteiger partial charge in [0.1, 0.15) is 39.6 Å². The Hall–Kier alpha value is -6.62. The smallest absolute Gasteiger partial charge is 0.239 e. The number of aliphatic hydroxyl groups is 2. The number of methoxy groups -OCH3 is 4. The summed E-state index contributed by atoms with van der Waals surface area (Å²) in [4.78, 5) is 31.5. The number of nitrogens with two attached hydrogens (primary N) is 1. The fourth-order valence-electron chi connectivity index (χ4n) is 8.85. The maximum atomic E-state index is 16.2. The number of nitrogens with zero attached hydrogens (tertiary/aromatic N) is 1. The summed E-state index contributed by atoms with van der Waals surface area (Å²) in [6, 6.07) is 44.7. The molecule has 0 unspecified atom stereocenters. The molecule has 0 aliphatic heterocycles. The van der Waals surface area contributed by atoms with Gasteiger partial charge in [0.05, 0.1) is 40.5 Å². The molecule has 7 rings (SSSR count). The van der Waals surface area contributed by atoms with Crippen LogP contribution in [0.15, 0.2) is 158 Å². The van der Waals surface area contributed by atoms with Crippen molar-refractivity contribution in [2.24, 2.45) is 11.1 Å². The van der Waals surface area contributed by atoms with E-state index in [-0.39, 0.29) is 25.7 Å². The van der Waals surface area contributed by atoms with Crippen LogP contribution in [-0.4, -0.2) is 67.5 Å². The lowest BCUT2D eigenvalue weighted by molar-refractivity contribution is -0.161. The van der Waals surface area contributed by atoms with Gasteiger partial charge in [0.25, 0.3) is 0 Å². The lowest BCUT2D eigenvalue weighted by Gasteiger charge is -2.52. The van der Waals surface area contributed by atoms with Crippen LogP contribution in [0.3, 0.4) is 0 Å². The molecule has 10 nitrogen and oxygen atoms in total. The molecule has 0 saturated heterocycles. The first-order valence-electron chi connectivity index (χ1n) is 20.3. The molecule has 61 heavy (non-hydrogen) atoms. The Morgan fingerprint density at radius 2 is 0.803 bits per heavy atom. The van der Waals surface area contributed by atoms with Gasteiger partial charge in [-0.2, -0.15) is 0 Å². The predicted octanol–water partition coefficient (Wildman–Crippen LogP) is 7.21. The summed E-state index contributed by atoms with van der Waals surface area (Å²) in [7, 11) is 6.07. The van der Waals surface area contributed by atoms with E-state index in [0.29, 0.717) is 45.3 Å². The number of hydrogen-bond donors (Lipinski definition) is 3. The number of para-hydroxylation sites is 4. The van der Waals surface area contributed by atoms with Gasteiger partial charge in [0.15, 0.2) is 0 Å². The zero-order valence-corrected chi connectivity index (χ0v) is 34.9. The number of benzene rings is 6. The number of rotatable bonds is 18. The molecule has 1 fully saturated rings. The first kappa shape index (κ1) is 42.5. The van der Waals surface area contributed by atoms with E-state index in [1.165, 1.54) is 33.3 Å². The average molecular weight is 821 g/mol. The molecule has 6 aromatic carbocycles. The van der Waals surface area contributed by atoms with Crippen LogP contribution in [0.1, 0.15) is 46.2 Å². The van der Waals surface area contributed by atoms with Gasteiger partial charge >= 0.3 is 0 Å². The second kappa shape index (κ2) is 17.9. The van der Waals surface area contributed by atoms with Gasteiger partial charge in [-0.15, -0.1) is 0 Å². The second-order valence-corrected chi connectivity index (χ2v) is 15.4. The van der Waals surface area contributed by atoms with Crippen LogP contribution in [0.25, 0.3) is 0 Å². The Kier molecular flexibility index (Phi) is 12.5. The molecule has 1 saturated carbocycles. The van der Waals surface area contributed by atoms with Gasteiger partial charge in [-0.05, 0) is 61.1 Å². The van der Waals surface area contributed by atoms with Crippen molar-refractivity contribution in [2.75, 3.05) is 28.4 Å². The van der Waals surface area contributed by atoms with Crippen molar-refractivity contribution < 1.29 is 38.7 Å². The molecule has 4 N–H and O–H groups in total. The molecule has 0 spiro atoms. The predicted molar refractivity (Wildman–Crippen MR) is 234 cm³/mol. The maximum absolute atomic E-state index is 16.2. The Morgan fingerprint density at radius 3 is 1.07 bits per heavy atom. The summed E-state index contributed by atoms with van der Waals surface area (Å²) in [5, 5.41) is 28.7. The molecular formula is C51H52N2O8. The Balaban J connectivity index is 1.68. The van der Waals surface area contributed by atoms with Gasteiger partial charge in [-0.3, -0.25) is 9.59 Å². The Morgan fingerprint density at radius 1 is 0.525 bits per heavy atom. The zero-order chi connectivity index (χ0) is 43.2. The molecule has 0 bridgehead atoms. The van der Waals surface area contributed by atoms with Crippen LogP contribution in [0.5, 0.6) is 23.0 Å². The molecule has 0 heterocycles. The van der Waals surface area contributed by atoms with Crippen LogP contribution in [-0.2, 0) is 33.6 Å². The monoisotopic (exact) mass is 820 g/mol. The topological polar surface area (TPSA) is 141 Å². The van der Waals surface area contributed by atoms with Gasteiger partial charge in [-0.25, -0.2) is 0 Å². The van der Waals surface area contributed by atoms with Crippen LogP contribution < -0.4 is 24.7 Å². The summed E-state index contributed by atoms with van der Waals surface area (Å²) < 4.78 is 24.0. The summed E-state index contributed by atoms with van der Waals surface area (Å²) in [6.07, 6.45) is 0.398. The lowest BCUT2D eigenvalue weighted by atomic mass is 9.71. The van der Waals surface area contributed by atoms with Gasteiger partial charge in [0.2, 0.25) is 11.8 Å². The molecule has 1 aliphatic rings. The van der Waals surface area contributed by atoms with Gasteiger partial charge in [-0.1, -0.05) is 133 Å². The van der Waals surface area contributed by atoms with E-state index in [9.17, 15) is 15.0 Å². The average Bonchev–Trinajstić information content (AvgIpc) is 4.14. The van der Waals surface area contributed by atoms with Gasteiger partial charge in [0, 0.05) is 22.3 Å². The zero-order valence-electron chi connectivity index (χ0n) is 34.9. The van der Waals surface area contributed by atoms with Crippen molar-refractivity contribution >= 4 is 11.8 Å². The Labute approximate surface area is 357 Å². The standard InChI is InChI=1S/C51H52N2O8/c1-58-41-27-15-11-23-37(41)50(56,38-24-12-16-28-42(38)59-2)45(33-35-19-7-5-8-20-35)53(48(55)49(31-32-49)47(52)54)46(34-36-21-9-6-10-22-36)51(57,39-25-13-17-29-43(39)60-3)40-26-14-18-30-44(40)61-4/h5-30,45-46,56-57H,31-34H2,1-4H3,(H2,52,54)/t45-,46-/m1/s1. The normalized spacial score (nSPS) is 14.3. The molecule has 10 heteroatoms. The minimum atomic E-state index is -2.17. The molecule has 314 valence electrons. The molecule has 0 radical (unpaired) electrons. The number of carbonyl (C=O) groups is 2. The number of ether oxygens (including phenoxy) is 4. The SMILES string of the molecule is COc1ccccc1C(O)(c1ccccc1OC)[C@@H](Cc1ccccc1)N(C(=O)C1(C(N)=O)CC1)[C@H](Cc1ccccc1)C(O)(c1ccccc1OC)c1ccccc1OC. The number of hydrogen-bond acceptors (Lipinski definition) is 8. The number of primary amides is 1. The van der Waals surface area contributed by atoms with Crippen molar-refractivity contribution in [1.29, 1.82) is 0 Å². The van der Waals surface area contributed by atoms with Crippen molar-refractivity contribution in [3.8, 4) is 23.0 Å². The highest BCUT2D eigenvalue weighted by atomic mass is 16.5. The van der Waals surface area contributed by atoms with E-state index in [0.717, 1.165) is 11.1 Å². The van der Waals surface area contributed by atoms with E-state index in [1.54, 1.807) is 97.1 Å². The van der Waals surface area contributed by atoms with E-state index < -0.39 is 40.5 Å². The van der Waals surface area contributed by atoms with Crippen LogP contribution in [0, 0.1) is 5.41 Å². The molecule has 2 atom stereocenters. The Bertz CT molecular complexity index is 2210. The molecule has 0 aromatic heterocycles. The van der Waals surface area contributed by atoms with E-state index in [4.69, 9.17) is 24.7 Å². The van der Waals surface area contributed by atoms with E-state index in [1.807, 2.05) is 60.7 Å². The molecule has 6 aromatic rings. The number of amides is 2. The van der Waals surface area contributed by atoms with Gasteiger partial charge < -0.3 is 39.8 Å². The minimum Gasteiger partial charge on any atom is -0.496 e. The van der Waals surface area contributed by atoms with Crippen molar-refractivity contribution in [1.82, 2.24) is 4.90 Å². The first-order valence-corrected chi connectivity index (χ1v) is 20.3. The summed E-state index contributed by atoms with van der Waals surface area (Å²) in [6.45, 7) is 0. The highest BCUT2D eigenvalue weighted by Crippen LogP contribution is 2.54. The summed E-state index contributed by atoms with van der Waals surface area (Å²) in [5.41, 5.74) is 3.04. The van der Waals surface area contributed by atoms with E-state index >= 15 is 4.79 Å². The quantitative estimate of drug-likeness (QED) is 0.0774.